The van der Waals surface area contributed by atoms with Crippen molar-refractivity contribution in [3.63, 3.8) is 0 Å². The van der Waals surface area contributed by atoms with Crippen molar-refractivity contribution in [1.29, 1.82) is 0 Å². The maximum atomic E-state index is 13.0. The van der Waals surface area contributed by atoms with Crippen molar-refractivity contribution in [3.8, 4) is 0 Å². The number of hydrogen-bond donors (Lipinski definition) is 2. The van der Waals surface area contributed by atoms with Crippen LogP contribution in [0.1, 0.15) is 42.2 Å². The van der Waals surface area contributed by atoms with Gasteiger partial charge in [-0.25, -0.2) is 9.67 Å². The first kappa shape index (κ1) is 16.6. The van der Waals surface area contributed by atoms with E-state index in [-0.39, 0.29) is 5.91 Å². The number of carbonyl (C=O) groups is 1. The average Bonchev–Trinajstić information content (AvgIpc) is 3.24. The molecule has 8 nitrogen and oxygen atoms in total. The topological polar surface area (TPSA) is 91.7 Å². The molecule has 3 aromatic heterocycles. The lowest BCUT2D eigenvalue weighted by Gasteiger charge is -2.29. The highest BCUT2D eigenvalue weighted by atomic mass is 16.1. The monoisotopic (exact) mass is 353 g/mol. The molecule has 0 saturated carbocycles. The number of fused-ring (bicyclic) bond motifs is 1. The molecule has 1 amide bonds. The molecule has 136 valence electrons. The van der Waals surface area contributed by atoms with Gasteiger partial charge in [0.15, 0.2) is 5.65 Å². The number of amides is 1. The van der Waals surface area contributed by atoms with Crippen LogP contribution >= 0.6 is 0 Å². The summed E-state index contributed by atoms with van der Waals surface area (Å²) in [5.41, 5.74) is 2.23. The van der Waals surface area contributed by atoms with Crippen LogP contribution in [0.3, 0.4) is 0 Å². The fourth-order valence-electron chi connectivity index (χ4n) is 3.57. The number of H-pyrrole nitrogens is 1. The Bertz CT molecular complexity index is 936. The van der Waals surface area contributed by atoms with Gasteiger partial charge in [0, 0.05) is 26.3 Å². The van der Waals surface area contributed by atoms with Crippen LogP contribution < -0.4 is 10.2 Å². The number of carbonyl (C=O) groups excluding carboxylic acids is 1. The van der Waals surface area contributed by atoms with E-state index < -0.39 is 0 Å². The summed E-state index contributed by atoms with van der Waals surface area (Å²) < 4.78 is 1.73. The van der Waals surface area contributed by atoms with Gasteiger partial charge in [-0.2, -0.15) is 10.2 Å². The maximum absolute atomic E-state index is 13.0. The maximum Gasteiger partial charge on any atom is 0.260 e. The predicted octanol–water partition coefficient (Wildman–Crippen LogP) is 2.50. The minimum Gasteiger partial charge on any atom is -0.356 e. The van der Waals surface area contributed by atoms with E-state index in [1.165, 1.54) is 6.42 Å². The van der Waals surface area contributed by atoms with Gasteiger partial charge in [0.05, 0.1) is 16.6 Å². The van der Waals surface area contributed by atoms with Crippen molar-refractivity contribution in [1.82, 2.24) is 25.0 Å². The Morgan fingerprint density at radius 3 is 2.88 bits per heavy atom. The molecule has 0 atom stereocenters. The first-order valence-corrected chi connectivity index (χ1v) is 9.10. The zero-order valence-electron chi connectivity index (χ0n) is 15.1. The van der Waals surface area contributed by atoms with Crippen molar-refractivity contribution in [3.05, 3.63) is 29.6 Å². The molecule has 26 heavy (non-hydrogen) atoms. The van der Waals surface area contributed by atoms with Crippen LogP contribution in [0, 0.1) is 0 Å². The fraction of sp³-hybridized carbons (Fsp3) is 0.444. The second-order valence-corrected chi connectivity index (χ2v) is 6.60. The van der Waals surface area contributed by atoms with E-state index in [0.717, 1.165) is 54.9 Å². The molecule has 1 aliphatic rings. The van der Waals surface area contributed by atoms with Crippen LogP contribution in [0.2, 0.25) is 0 Å². The number of hydrogen-bond acceptors (Lipinski definition) is 5. The fourth-order valence-corrected chi connectivity index (χ4v) is 3.57. The third-order valence-electron chi connectivity index (χ3n) is 4.87. The van der Waals surface area contributed by atoms with Gasteiger partial charge in [-0.1, -0.05) is 6.92 Å². The van der Waals surface area contributed by atoms with Crippen LogP contribution in [0.15, 0.2) is 18.3 Å². The summed E-state index contributed by atoms with van der Waals surface area (Å²) in [6.45, 7) is 3.92. The van der Waals surface area contributed by atoms with Gasteiger partial charge in [0.25, 0.3) is 5.91 Å². The highest BCUT2D eigenvalue weighted by Gasteiger charge is 2.22. The number of pyridine rings is 1. The molecule has 2 N–H and O–H groups in total. The Hall–Kier alpha value is -2.90. The quantitative estimate of drug-likeness (QED) is 0.752. The summed E-state index contributed by atoms with van der Waals surface area (Å²) in [4.78, 5) is 19.6. The second kappa shape index (κ2) is 6.78. The van der Waals surface area contributed by atoms with Crippen LogP contribution in [-0.4, -0.2) is 44.0 Å². The molecule has 0 aromatic carbocycles. The molecule has 1 aliphatic heterocycles. The standard InChI is InChI=1S/C18H23N7O/c1-3-13-14-15(21-22-17(14)24(2)23-13)20-18(26)12-8-7-9-19-16(12)25-10-5-4-6-11-25/h7-9H,3-6,10-11H2,1-2H3,(H2,20,21,22,26). The summed E-state index contributed by atoms with van der Waals surface area (Å²) in [6, 6.07) is 3.62. The minimum absolute atomic E-state index is 0.185. The minimum atomic E-state index is -0.185. The summed E-state index contributed by atoms with van der Waals surface area (Å²) >= 11 is 0. The average molecular weight is 353 g/mol. The van der Waals surface area contributed by atoms with Crippen molar-refractivity contribution in [2.75, 3.05) is 23.3 Å². The summed E-state index contributed by atoms with van der Waals surface area (Å²) in [5, 5.41) is 15.5. The van der Waals surface area contributed by atoms with Gasteiger partial charge >= 0.3 is 0 Å². The lowest BCUT2D eigenvalue weighted by Crippen LogP contribution is -2.32. The summed E-state index contributed by atoms with van der Waals surface area (Å²) in [6.07, 6.45) is 6.01. The molecule has 8 heteroatoms. The number of anilines is 2. The molecule has 0 radical (unpaired) electrons. The van der Waals surface area contributed by atoms with E-state index in [2.05, 4.69) is 30.5 Å². The molecule has 0 unspecified atom stereocenters. The zero-order valence-corrected chi connectivity index (χ0v) is 15.1. The van der Waals surface area contributed by atoms with E-state index in [9.17, 15) is 4.79 Å². The third-order valence-corrected chi connectivity index (χ3v) is 4.87. The van der Waals surface area contributed by atoms with Crippen molar-refractivity contribution >= 4 is 28.6 Å². The van der Waals surface area contributed by atoms with Gasteiger partial charge in [-0.3, -0.25) is 9.89 Å². The zero-order chi connectivity index (χ0) is 18.1. The molecule has 4 rings (SSSR count). The molecule has 3 aromatic rings. The second-order valence-electron chi connectivity index (χ2n) is 6.60. The smallest absolute Gasteiger partial charge is 0.260 e. The number of aromatic amines is 1. The van der Waals surface area contributed by atoms with Gasteiger partial charge in [-0.05, 0) is 37.8 Å². The molecule has 0 bridgehead atoms. The summed E-state index contributed by atoms with van der Waals surface area (Å²) in [7, 11) is 1.85. The van der Waals surface area contributed by atoms with E-state index >= 15 is 0 Å². The van der Waals surface area contributed by atoms with E-state index in [0.29, 0.717) is 11.4 Å². The normalized spacial score (nSPS) is 14.8. The first-order valence-electron chi connectivity index (χ1n) is 9.10. The number of nitrogens with one attached hydrogen (secondary N) is 2. The molecular weight excluding hydrogens is 330 g/mol. The molecular formula is C18H23N7O. The molecule has 0 aliphatic carbocycles. The molecule has 1 saturated heterocycles. The van der Waals surface area contributed by atoms with Gasteiger partial charge in [0.2, 0.25) is 0 Å². The highest BCUT2D eigenvalue weighted by molar-refractivity contribution is 6.10. The Morgan fingerprint density at radius 1 is 1.31 bits per heavy atom. The van der Waals surface area contributed by atoms with E-state index in [1.807, 2.05) is 20.0 Å². The van der Waals surface area contributed by atoms with Crippen molar-refractivity contribution < 1.29 is 4.79 Å². The lowest BCUT2D eigenvalue weighted by atomic mass is 10.1. The molecule has 4 heterocycles. The van der Waals surface area contributed by atoms with Crippen LogP contribution in [0.25, 0.3) is 11.0 Å². The Balaban J connectivity index is 1.65. The van der Waals surface area contributed by atoms with Crippen molar-refractivity contribution in [2.45, 2.75) is 32.6 Å². The molecule has 0 spiro atoms. The molecule has 1 fully saturated rings. The Kier molecular flexibility index (Phi) is 4.32. The number of rotatable bonds is 4. The number of nitrogens with zero attached hydrogens (tertiary/aromatic N) is 5. The van der Waals surface area contributed by atoms with Crippen LogP contribution in [0.5, 0.6) is 0 Å². The Morgan fingerprint density at radius 2 is 2.12 bits per heavy atom. The van der Waals surface area contributed by atoms with E-state index in [1.54, 1.807) is 16.9 Å². The van der Waals surface area contributed by atoms with Crippen LogP contribution in [-0.2, 0) is 13.5 Å². The van der Waals surface area contributed by atoms with Gasteiger partial charge in [0.1, 0.15) is 11.6 Å². The highest BCUT2D eigenvalue weighted by Crippen LogP contribution is 2.26. The number of aromatic nitrogens is 5. The van der Waals surface area contributed by atoms with Crippen LogP contribution in [0.4, 0.5) is 11.6 Å². The predicted molar refractivity (Wildman–Crippen MR) is 100 cm³/mol. The third kappa shape index (κ3) is 2.81. The SMILES string of the molecule is CCc1nn(C)c2n[nH]c(NC(=O)c3cccnc3N3CCCCC3)c12. The van der Waals surface area contributed by atoms with E-state index in [4.69, 9.17) is 0 Å². The number of piperidine rings is 1. The van der Waals surface area contributed by atoms with Gasteiger partial charge in [-0.15, -0.1) is 0 Å². The largest absolute Gasteiger partial charge is 0.356 e. The summed E-state index contributed by atoms with van der Waals surface area (Å²) in [5.74, 6) is 1.15. The lowest BCUT2D eigenvalue weighted by molar-refractivity contribution is 0.102. The number of aryl methyl sites for hydroxylation is 2. The van der Waals surface area contributed by atoms with Crippen molar-refractivity contribution in [2.24, 2.45) is 7.05 Å². The Labute approximate surface area is 151 Å². The van der Waals surface area contributed by atoms with Gasteiger partial charge < -0.3 is 10.2 Å². The first-order chi connectivity index (χ1) is 12.7.